The maximum absolute atomic E-state index is 12.9. The van der Waals surface area contributed by atoms with Crippen molar-refractivity contribution in [3.8, 4) is 0 Å². The highest BCUT2D eigenvalue weighted by Crippen LogP contribution is 2.23. The topological polar surface area (TPSA) is 59.2 Å². The first-order chi connectivity index (χ1) is 7.18. The number of halogens is 1. The predicted octanol–water partition coefficient (Wildman–Crippen LogP) is 0.675. The molecule has 1 unspecified atom stereocenters. The number of carbonyl (C=O) groups is 1. The molecule has 0 aliphatic carbocycles. The number of primary amides is 1. The van der Waals surface area contributed by atoms with Gasteiger partial charge in [-0.3, -0.25) is 4.79 Å². The minimum Gasteiger partial charge on any atom is -0.368 e. The second kappa shape index (κ2) is 3.84. The van der Waals surface area contributed by atoms with E-state index in [-0.39, 0.29) is 11.9 Å². The van der Waals surface area contributed by atoms with E-state index in [9.17, 15) is 9.18 Å². The second-order valence-corrected chi connectivity index (χ2v) is 3.57. The molecule has 2 heterocycles. The number of rotatable bonds is 2. The lowest BCUT2D eigenvalue weighted by molar-refractivity contribution is -0.119. The molecule has 1 saturated heterocycles. The van der Waals surface area contributed by atoms with Gasteiger partial charge in [-0.1, -0.05) is 6.07 Å². The van der Waals surface area contributed by atoms with Crippen LogP contribution in [0.4, 0.5) is 10.2 Å². The Labute approximate surface area is 86.9 Å². The lowest BCUT2D eigenvalue weighted by Crippen LogP contribution is -2.40. The van der Waals surface area contributed by atoms with Crippen molar-refractivity contribution in [1.29, 1.82) is 0 Å². The third-order valence-electron chi connectivity index (χ3n) is 2.58. The average Bonchev–Trinajstić information content (AvgIpc) is 2.65. The first kappa shape index (κ1) is 9.89. The van der Waals surface area contributed by atoms with Gasteiger partial charge in [0.05, 0.1) is 0 Å². The fraction of sp³-hybridized carbons (Fsp3) is 0.400. The number of hydrogen-bond acceptors (Lipinski definition) is 3. The van der Waals surface area contributed by atoms with E-state index in [1.807, 2.05) is 0 Å². The maximum atomic E-state index is 12.9. The molecule has 1 fully saturated rings. The molecule has 1 aromatic rings. The first-order valence-corrected chi connectivity index (χ1v) is 4.87. The Hall–Kier alpha value is -1.65. The highest BCUT2D eigenvalue weighted by Gasteiger charge is 2.29. The molecular weight excluding hydrogens is 197 g/mol. The number of anilines is 1. The van der Waals surface area contributed by atoms with Gasteiger partial charge in [-0.25, -0.2) is 4.98 Å². The van der Waals surface area contributed by atoms with Crippen molar-refractivity contribution in [2.45, 2.75) is 18.9 Å². The van der Waals surface area contributed by atoms with Crippen molar-refractivity contribution < 1.29 is 9.18 Å². The monoisotopic (exact) mass is 209 g/mol. The van der Waals surface area contributed by atoms with E-state index in [4.69, 9.17) is 5.73 Å². The minimum atomic E-state index is -0.539. The van der Waals surface area contributed by atoms with E-state index in [1.165, 1.54) is 6.07 Å². The summed E-state index contributed by atoms with van der Waals surface area (Å²) < 4.78 is 12.9. The van der Waals surface area contributed by atoms with Gasteiger partial charge in [0.1, 0.15) is 11.9 Å². The lowest BCUT2D eigenvalue weighted by atomic mass is 10.2. The quantitative estimate of drug-likeness (QED) is 0.728. The predicted molar refractivity (Wildman–Crippen MR) is 53.8 cm³/mol. The molecule has 1 aliphatic rings. The van der Waals surface area contributed by atoms with Crippen molar-refractivity contribution >= 4 is 11.7 Å². The molecule has 0 aromatic carbocycles. The van der Waals surface area contributed by atoms with Gasteiger partial charge in [0.25, 0.3) is 0 Å². The van der Waals surface area contributed by atoms with E-state index in [0.717, 1.165) is 6.42 Å². The molecular formula is C10H12FN3O. The van der Waals surface area contributed by atoms with Crippen LogP contribution in [-0.2, 0) is 4.79 Å². The summed E-state index contributed by atoms with van der Waals surface area (Å²) in [6, 6.07) is 4.19. The largest absolute Gasteiger partial charge is 0.368 e. The van der Waals surface area contributed by atoms with Crippen LogP contribution in [0.1, 0.15) is 12.8 Å². The zero-order valence-corrected chi connectivity index (χ0v) is 8.19. The van der Waals surface area contributed by atoms with Gasteiger partial charge in [-0.2, -0.15) is 4.39 Å². The normalized spacial score (nSPS) is 20.6. The summed E-state index contributed by atoms with van der Waals surface area (Å²) >= 11 is 0. The van der Waals surface area contributed by atoms with Crippen molar-refractivity contribution in [3.63, 3.8) is 0 Å². The summed E-state index contributed by atoms with van der Waals surface area (Å²) in [4.78, 5) is 16.6. The molecule has 2 N–H and O–H groups in total. The Morgan fingerprint density at radius 2 is 2.40 bits per heavy atom. The summed E-state index contributed by atoms with van der Waals surface area (Å²) in [6.07, 6.45) is 1.60. The molecule has 0 saturated carbocycles. The smallest absolute Gasteiger partial charge is 0.240 e. The van der Waals surface area contributed by atoms with E-state index in [1.54, 1.807) is 17.0 Å². The van der Waals surface area contributed by atoms with Crippen LogP contribution in [0.5, 0.6) is 0 Å². The van der Waals surface area contributed by atoms with Crippen LogP contribution in [0.2, 0.25) is 0 Å². The van der Waals surface area contributed by atoms with Crippen molar-refractivity contribution in [3.05, 3.63) is 24.1 Å². The highest BCUT2D eigenvalue weighted by atomic mass is 19.1. The van der Waals surface area contributed by atoms with Crippen LogP contribution < -0.4 is 10.6 Å². The van der Waals surface area contributed by atoms with E-state index in [2.05, 4.69) is 4.98 Å². The van der Waals surface area contributed by atoms with Crippen molar-refractivity contribution in [2.75, 3.05) is 11.4 Å². The summed E-state index contributed by atoms with van der Waals surface area (Å²) in [6.45, 7) is 0.698. The summed E-state index contributed by atoms with van der Waals surface area (Å²) in [5, 5.41) is 0. The molecule has 80 valence electrons. The standard InChI is InChI=1S/C10H12FN3O/c11-8-4-1-5-9(13-8)14-6-2-3-7(14)10(12)15/h1,4-5,7H,2-3,6H2,(H2,12,15). The zero-order chi connectivity index (χ0) is 10.8. The summed E-state index contributed by atoms with van der Waals surface area (Å²) in [5.41, 5.74) is 5.26. The minimum absolute atomic E-state index is 0.348. The van der Waals surface area contributed by atoms with Crippen LogP contribution in [0, 0.1) is 5.95 Å². The van der Waals surface area contributed by atoms with E-state index in [0.29, 0.717) is 18.8 Å². The molecule has 0 spiro atoms. The molecule has 1 aliphatic heterocycles. The van der Waals surface area contributed by atoms with E-state index >= 15 is 0 Å². The SMILES string of the molecule is NC(=O)C1CCCN1c1cccc(F)n1. The first-order valence-electron chi connectivity index (χ1n) is 4.87. The van der Waals surface area contributed by atoms with E-state index < -0.39 is 5.95 Å². The van der Waals surface area contributed by atoms with Crippen LogP contribution >= 0.6 is 0 Å². The summed E-state index contributed by atoms with van der Waals surface area (Å²) in [5.74, 6) is -0.433. The third kappa shape index (κ3) is 1.91. The fourth-order valence-electron chi connectivity index (χ4n) is 1.89. The van der Waals surface area contributed by atoms with Gasteiger partial charge in [0.2, 0.25) is 11.9 Å². The maximum Gasteiger partial charge on any atom is 0.240 e. The molecule has 5 heteroatoms. The molecule has 0 radical (unpaired) electrons. The van der Waals surface area contributed by atoms with Gasteiger partial charge in [0.15, 0.2) is 0 Å². The van der Waals surface area contributed by atoms with Crippen LogP contribution in [0.25, 0.3) is 0 Å². The van der Waals surface area contributed by atoms with Gasteiger partial charge in [-0.15, -0.1) is 0 Å². The Morgan fingerprint density at radius 3 is 3.07 bits per heavy atom. The molecule has 1 atom stereocenters. The van der Waals surface area contributed by atoms with Gasteiger partial charge in [0, 0.05) is 6.54 Å². The van der Waals surface area contributed by atoms with Crippen LogP contribution in [-0.4, -0.2) is 23.5 Å². The number of hydrogen-bond donors (Lipinski definition) is 1. The number of carbonyl (C=O) groups excluding carboxylic acids is 1. The zero-order valence-electron chi connectivity index (χ0n) is 8.19. The summed E-state index contributed by atoms with van der Waals surface area (Å²) in [7, 11) is 0. The third-order valence-corrected chi connectivity index (χ3v) is 2.58. The van der Waals surface area contributed by atoms with Crippen molar-refractivity contribution in [1.82, 2.24) is 4.98 Å². The Bertz CT molecular complexity index is 383. The second-order valence-electron chi connectivity index (χ2n) is 3.57. The van der Waals surface area contributed by atoms with Crippen LogP contribution in [0.3, 0.4) is 0 Å². The van der Waals surface area contributed by atoms with Gasteiger partial charge >= 0.3 is 0 Å². The highest BCUT2D eigenvalue weighted by molar-refractivity contribution is 5.83. The lowest BCUT2D eigenvalue weighted by Gasteiger charge is -2.22. The Balaban J connectivity index is 2.26. The average molecular weight is 209 g/mol. The molecule has 1 aromatic heterocycles. The number of nitrogens with two attached hydrogens (primary N) is 1. The van der Waals surface area contributed by atoms with Gasteiger partial charge < -0.3 is 10.6 Å². The molecule has 15 heavy (non-hydrogen) atoms. The van der Waals surface area contributed by atoms with Crippen molar-refractivity contribution in [2.24, 2.45) is 5.73 Å². The Kier molecular flexibility index (Phi) is 2.53. The Morgan fingerprint density at radius 1 is 1.60 bits per heavy atom. The molecule has 0 bridgehead atoms. The molecule has 4 nitrogen and oxygen atoms in total. The number of amides is 1. The number of pyridine rings is 1. The van der Waals surface area contributed by atoms with Gasteiger partial charge in [-0.05, 0) is 25.0 Å². The number of aromatic nitrogens is 1. The van der Waals surface area contributed by atoms with Crippen LogP contribution in [0.15, 0.2) is 18.2 Å². The molecule has 2 rings (SSSR count). The molecule has 1 amide bonds. The number of nitrogens with zero attached hydrogens (tertiary/aromatic N) is 2. The fourth-order valence-corrected chi connectivity index (χ4v) is 1.89.